The summed E-state index contributed by atoms with van der Waals surface area (Å²) in [5.41, 5.74) is 8.08. The van der Waals surface area contributed by atoms with Crippen LogP contribution < -0.4 is 53.6 Å². The van der Waals surface area contributed by atoms with Gasteiger partial charge in [-0.25, -0.2) is 4.79 Å². The molecule has 29 nitrogen and oxygen atoms in total. The van der Waals surface area contributed by atoms with Crippen molar-refractivity contribution in [2.75, 3.05) is 19.8 Å². The first kappa shape index (κ1) is 62.6. The van der Waals surface area contributed by atoms with Gasteiger partial charge in [0.25, 0.3) is 0 Å². The van der Waals surface area contributed by atoms with Crippen LogP contribution in [0.4, 0.5) is 0 Å². The summed E-state index contributed by atoms with van der Waals surface area (Å²) in [5, 5.41) is 71.1. The van der Waals surface area contributed by atoms with Gasteiger partial charge in [-0.05, 0) is 49.4 Å². The summed E-state index contributed by atoms with van der Waals surface area (Å²) in [6.45, 7) is 2.95. The first-order valence-corrected chi connectivity index (χ1v) is 24.7. The van der Waals surface area contributed by atoms with E-state index in [1.807, 2.05) is 5.32 Å². The molecule has 2 aromatic carbocycles. The predicted molar refractivity (Wildman–Crippen MR) is 278 cm³/mol. The van der Waals surface area contributed by atoms with Crippen molar-refractivity contribution in [3.05, 3.63) is 72.1 Å². The Morgan fingerprint density at radius 1 is 0.481 bits per heavy atom. The molecule has 0 aliphatic carbocycles. The van der Waals surface area contributed by atoms with E-state index in [0.29, 0.717) is 22.0 Å². The Bertz CT molecular complexity index is 2880. The topological polar surface area (TPSA) is 472 Å². The number of para-hydroxylation sites is 2. The minimum atomic E-state index is -2.12. The number of benzene rings is 2. The summed E-state index contributed by atoms with van der Waals surface area (Å²) in [6, 6.07) is -0.650. The second-order valence-corrected chi connectivity index (χ2v) is 18.9. The fourth-order valence-corrected chi connectivity index (χ4v) is 7.91. The third-order valence-electron chi connectivity index (χ3n) is 12.0. The number of carboxylic acid groups (broad SMARTS) is 3. The molecule has 9 amide bonds. The summed E-state index contributed by atoms with van der Waals surface area (Å²) >= 11 is 0. The lowest BCUT2D eigenvalue weighted by atomic mass is 10.0. The molecule has 2 aromatic heterocycles. The van der Waals surface area contributed by atoms with Gasteiger partial charge in [-0.1, -0.05) is 50.2 Å². The number of H-pyrrole nitrogens is 2. The van der Waals surface area contributed by atoms with Crippen molar-refractivity contribution in [1.29, 1.82) is 0 Å². The summed E-state index contributed by atoms with van der Waals surface area (Å²) < 4.78 is 0. The van der Waals surface area contributed by atoms with E-state index < -0.39 is 158 Å². The highest BCUT2D eigenvalue weighted by atomic mass is 16.4. The Balaban J connectivity index is 1.43. The molecule has 18 N–H and O–H groups in total. The van der Waals surface area contributed by atoms with Crippen molar-refractivity contribution in [2.24, 2.45) is 11.7 Å². The van der Waals surface area contributed by atoms with Crippen LogP contribution >= 0.6 is 0 Å². The first-order chi connectivity index (χ1) is 37.3. The lowest BCUT2D eigenvalue weighted by molar-refractivity contribution is -0.143. The molecule has 0 radical (unpaired) electrons. The standard InChI is InChI=1S/C50H66N12O17/c1-23(2)13-32(45(73)61-37(21-63)44(72)54-20-39(65)56-36(50(78)79)15-27-19-53-31-12-8-6-10-29(27)31)58-49(77)38(22-64)62-48(76)35(17-41(68)69)60-47(75)34(16-40(66)67)59-46(74)33(57-43(71)25(4)55-42(70)24(3)51)14-26-18-52-30-11-7-5-9-28(26)30/h5-12,18-19,23-25,32-38,52-53,63-64H,13-17,20-22,51H2,1-4H3,(H,54,72)(H,55,70)(H,56,65)(H,57,71)(H,58,77)(H,59,74)(H,60,75)(H,61,73)(H,62,76)(H,66,67)(H,68,69)(H,78,79)/t24-,25-,32-,33-,34-,35-,36-,37-,38-/m0/s1. The zero-order valence-corrected chi connectivity index (χ0v) is 43.4. The van der Waals surface area contributed by atoms with E-state index in [9.17, 15) is 83.1 Å². The van der Waals surface area contributed by atoms with Crippen molar-refractivity contribution >= 4 is 92.9 Å². The van der Waals surface area contributed by atoms with Crippen LogP contribution in [0.25, 0.3) is 21.8 Å². The Morgan fingerprint density at radius 2 is 0.886 bits per heavy atom. The molecule has 29 heteroatoms. The van der Waals surface area contributed by atoms with Gasteiger partial charge in [-0.3, -0.25) is 52.7 Å². The van der Waals surface area contributed by atoms with E-state index in [0.717, 1.165) is 10.9 Å². The van der Waals surface area contributed by atoms with Gasteiger partial charge < -0.3 is 89.1 Å². The zero-order valence-electron chi connectivity index (χ0n) is 43.4. The van der Waals surface area contributed by atoms with Gasteiger partial charge in [0.15, 0.2) is 0 Å². The highest BCUT2D eigenvalue weighted by Crippen LogP contribution is 2.21. The lowest BCUT2D eigenvalue weighted by Crippen LogP contribution is -2.61. The zero-order chi connectivity index (χ0) is 58.7. The SMILES string of the molecule is CC(C)C[C@H](NC(=O)[C@H](CO)NC(=O)[C@H](CC(=O)O)NC(=O)[C@H](CC(=O)O)NC(=O)[C@H](Cc1c[nH]c2ccccc12)NC(=O)[C@H](C)NC(=O)[C@H](C)N)C(=O)N[C@@H](CO)C(=O)NCC(=O)N[C@@H](Cc1c[nH]c2ccccc12)C(=O)O. The molecular weight excluding hydrogens is 1040 g/mol. The van der Waals surface area contributed by atoms with Crippen LogP contribution in [0.1, 0.15) is 58.1 Å². The maximum Gasteiger partial charge on any atom is 0.326 e. The monoisotopic (exact) mass is 1110 g/mol. The number of hydrogen-bond donors (Lipinski definition) is 17. The van der Waals surface area contributed by atoms with Crippen molar-refractivity contribution < 1.29 is 83.1 Å². The molecule has 79 heavy (non-hydrogen) atoms. The summed E-state index contributed by atoms with van der Waals surface area (Å²) in [4.78, 5) is 162. The second-order valence-electron chi connectivity index (χ2n) is 18.9. The predicted octanol–water partition coefficient (Wildman–Crippen LogP) is -4.14. The highest BCUT2D eigenvalue weighted by molar-refractivity contribution is 6.00. The molecule has 2 heterocycles. The third kappa shape index (κ3) is 18.9. The van der Waals surface area contributed by atoms with E-state index in [1.165, 1.54) is 13.8 Å². The summed E-state index contributed by atoms with van der Waals surface area (Å²) in [5.74, 6) is -14.9. The van der Waals surface area contributed by atoms with Crippen LogP contribution in [0.15, 0.2) is 60.9 Å². The number of carboxylic acids is 3. The Morgan fingerprint density at radius 3 is 1.34 bits per heavy atom. The lowest BCUT2D eigenvalue weighted by Gasteiger charge is -2.27. The number of fused-ring (bicyclic) bond motifs is 2. The number of rotatable bonds is 31. The number of carbonyl (C=O) groups is 12. The fourth-order valence-electron chi connectivity index (χ4n) is 7.91. The third-order valence-corrected chi connectivity index (χ3v) is 12.0. The van der Waals surface area contributed by atoms with Gasteiger partial charge in [0.1, 0.15) is 48.3 Å². The molecule has 9 atom stereocenters. The molecular formula is C50H66N12O17. The Hall–Kier alpha value is -8.96. The maximum atomic E-state index is 14.0. The molecule has 0 unspecified atom stereocenters. The molecule has 0 saturated carbocycles. The van der Waals surface area contributed by atoms with Crippen LogP contribution in [-0.2, 0) is 70.4 Å². The van der Waals surface area contributed by atoms with Crippen molar-refractivity contribution in [3.63, 3.8) is 0 Å². The molecule has 0 saturated heterocycles. The van der Waals surface area contributed by atoms with Gasteiger partial charge in [-0.2, -0.15) is 0 Å². The Labute approximate surface area is 450 Å². The van der Waals surface area contributed by atoms with Crippen LogP contribution in [0.3, 0.4) is 0 Å². The van der Waals surface area contributed by atoms with Crippen molar-refractivity contribution in [2.45, 2.75) is 114 Å². The smallest absolute Gasteiger partial charge is 0.326 e. The van der Waals surface area contributed by atoms with Crippen molar-refractivity contribution in [3.8, 4) is 0 Å². The quantitative estimate of drug-likeness (QED) is 0.0228. The molecule has 4 aromatic rings. The molecule has 0 bridgehead atoms. The molecule has 4 rings (SSSR count). The van der Waals surface area contributed by atoms with Crippen LogP contribution in [0.5, 0.6) is 0 Å². The van der Waals surface area contributed by atoms with E-state index >= 15 is 0 Å². The van der Waals surface area contributed by atoms with E-state index in [4.69, 9.17) is 5.73 Å². The maximum absolute atomic E-state index is 14.0. The normalized spacial score (nSPS) is 14.6. The summed E-state index contributed by atoms with van der Waals surface area (Å²) in [7, 11) is 0. The summed E-state index contributed by atoms with van der Waals surface area (Å²) in [6.07, 6.45) is 0.271. The number of aliphatic carboxylic acids is 3. The number of nitrogens with one attached hydrogen (secondary N) is 11. The average Bonchev–Trinajstić information content (AvgIpc) is 4.02. The highest BCUT2D eigenvalue weighted by Gasteiger charge is 2.36. The largest absolute Gasteiger partial charge is 0.481 e. The number of aliphatic hydroxyl groups excluding tert-OH is 2. The van der Waals surface area contributed by atoms with Crippen LogP contribution in [0, 0.1) is 5.92 Å². The molecule has 0 aliphatic rings. The number of amides is 9. The van der Waals surface area contributed by atoms with E-state index in [-0.39, 0.29) is 25.2 Å². The number of aromatic amines is 2. The molecule has 0 aliphatic heterocycles. The first-order valence-electron chi connectivity index (χ1n) is 24.7. The second kappa shape index (κ2) is 29.5. The van der Waals surface area contributed by atoms with Gasteiger partial charge in [0.2, 0.25) is 53.2 Å². The minimum Gasteiger partial charge on any atom is -0.481 e. The molecule has 428 valence electrons. The minimum absolute atomic E-state index is 0.117. The number of nitrogens with two attached hydrogens (primary N) is 1. The number of hydrogen-bond acceptors (Lipinski definition) is 15. The number of aliphatic hydroxyl groups is 2. The number of carbonyl (C=O) groups excluding carboxylic acids is 9. The average molecular weight is 1110 g/mol. The molecule has 0 fully saturated rings. The van der Waals surface area contributed by atoms with Crippen LogP contribution in [-0.4, -0.2) is 181 Å². The van der Waals surface area contributed by atoms with E-state index in [1.54, 1.807) is 74.8 Å². The number of aromatic nitrogens is 2. The Kier molecular flexibility index (Phi) is 23.4. The van der Waals surface area contributed by atoms with E-state index in [2.05, 4.69) is 52.5 Å². The van der Waals surface area contributed by atoms with Crippen molar-refractivity contribution in [1.82, 2.24) is 57.8 Å². The van der Waals surface area contributed by atoms with Gasteiger partial charge in [0.05, 0.1) is 38.6 Å². The van der Waals surface area contributed by atoms with Gasteiger partial charge in [-0.15, -0.1) is 0 Å². The van der Waals surface area contributed by atoms with Gasteiger partial charge >= 0.3 is 17.9 Å². The fraction of sp³-hybridized carbons (Fsp3) is 0.440. The van der Waals surface area contributed by atoms with Crippen LogP contribution in [0.2, 0.25) is 0 Å². The molecule has 0 spiro atoms. The van der Waals surface area contributed by atoms with Gasteiger partial charge in [0, 0.05) is 47.0 Å².